The number of hydrogen-bond donors (Lipinski definition) is 1. The molecule has 0 atom stereocenters. The average Bonchev–Trinajstić information content (AvgIpc) is 2.75. The third kappa shape index (κ3) is 9.26. The van der Waals surface area contributed by atoms with Gasteiger partial charge in [-0.05, 0) is 63.6 Å². The molecule has 0 aromatic heterocycles. The number of halogens is 2. The first-order valence-electron chi connectivity index (χ1n) is 11.2. The molecule has 5 heteroatoms. The average molecular weight is 451 g/mol. The van der Waals surface area contributed by atoms with Gasteiger partial charge in [0.15, 0.2) is 0 Å². The second-order valence-electron chi connectivity index (χ2n) is 7.71. The molecule has 0 aliphatic rings. The van der Waals surface area contributed by atoms with Gasteiger partial charge in [0.05, 0.1) is 0 Å². The second-order valence-corrected chi connectivity index (χ2v) is 8.55. The van der Waals surface area contributed by atoms with Crippen LogP contribution < -0.4 is 10.1 Å². The molecule has 0 saturated heterocycles. The van der Waals surface area contributed by atoms with Gasteiger partial charge in [0.2, 0.25) is 0 Å². The summed E-state index contributed by atoms with van der Waals surface area (Å²) in [4.78, 5) is 2.61. The lowest BCUT2D eigenvalue weighted by molar-refractivity contribution is 0.260. The molecule has 0 aliphatic heterocycles. The summed E-state index contributed by atoms with van der Waals surface area (Å²) in [7, 11) is 0. The maximum absolute atomic E-state index is 6.26. The molecule has 0 heterocycles. The highest BCUT2D eigenvalue weighted by Gasteiger charge is 2.07. The van der Waals surface area contributed by atoms with Crippen LogP contribution in [0, 0.1) is 0 Å². The van der Waals surface area contributed by atoms with Crippen LogP contribution in [0.15, 0.2) is 42.5 Å². The second kappa shape index (κ2) is 14.7. The molecule has 0 aliphatic carbocycles. The molecule has 2 rings (SSSR count). The number of unbranched alkanes of at least 4 members (excludes halogenated alkanes) is 2. The molecule has 0 amide bonds. The third-order valence-corrected chi connectivity index (χ3v) is 5.76. The van der Waals surface area contributed by atoms with Crippen molar-refractivity contribution in [3.8, 4) is 5.75 Å². The molecule has 166 valence electrons. The molecule has 0 unspecified atom stereocenters. The van der Waals surface area contributed by atoms with Gasteiger partial charge in [0.25, 0.3) is 0 Å². The van der Waals surface area contributed by atoms with E-state index < -0.39 is 0 Å². The van der Waals surface area contributed by atoms with E-state index in [9.17, 15) is 0 Å². The van der Waals surface area contributed by atoms with Crippen LogP contribution in [-0.4, -0.2) is 31.1 Å². The van der Waals surface area contributed by atoms with Crippen LogP contribution in [-0.2, 0) is 13.2 Å². The van der Waals surface area contributed by atoms with Crippen LogP contribution in [0.3, 0.4) is 0 Å². The fourth-order valence-electron chi connectivity index (χ4n) is 3.33. The van der Waals surface area contributed by atoms with Crippen molar-refractivity contribution in [3.05, 3.63) is 63.6 Å². The zero-order chi connectivity index (χ0) is 21.6. The summed E-state index contributed by atoms with van der Waals surface area (Å²) in [5.74, 6) is 0.892. The Balaban J connectivity index is 1.77. The van der Waals surface area contributed by atoms with Gasteiger partial charge in [0.1, 0.15) is 12.4 Å². The summed E-state index contributed by atoms with van der Waals surface area (Å²) >= 11 is 12.2. The van der Waals surface area contributed by atoms with Crippen molar-refractivity contribution in [2.75, 3.05) is 26.2 Å². The fourth-order valence-corrected chi connectivity index (χ4v) is 3.80. The van der Waals surface area contributed by atoms with E-state index in [1.54, 1.807) is 6.07 Å². The predicted molar refractivity (Wildman–Crippen MR) is 130 cm³/mol. The number of para-hydroxylation sites is 1. The first kappa shape index (κ1) is 25.0. The van der Waals surface area contributed by atoms with Gasteiger partial charge in [-0.2, -0.15) is 0 Å². The Labute approximate surface area is 192 Å². The standard InChI is InChI=1S/C25H36Cl2N2O/c1-3-5-15-29(16-6-4-2)17-9-14-28-19-21-10-7-8-11-25(21)30-20-22-12-13-23(26)18-24(22)27/h7-8,10-13,18,28H,3-6,9,14-17,19-20H2,1-2H3. The summed E-state index contributed by atoms with van der Waals surface area (Å²) < 4.78 is 6.05. The van der Waals surface area contributed by atoms with E-state index in [0.29, 0.717) is 16.7 Å². The molecule has 0 spiro atoms. The van der Waals surface area contributed by atoms with Crippen molar-refractivity contribution >= 4 is 23.2 Å². The van der Waals surface area contributed by atoms with Gasteiger partial charge < -0.3 is 15.0 Å². The quantitative estimate of drug-likeness (QED) is 0.297. The highest BCUT2D eigenvalue weighted by atomic mass is 35.5. The number of hydrogen-bond acceptors (Lipinski definition) is 3. The summed E-state index contributed by atoms with van der Waals surface area (Å²) in [6, 6.07) is 13.7. The summed E-state index contributed by atoms with van der Waals surface area (Å²) in [6.07, 6.45) is 6.27. The van der Waals surface area contributed by atoms with Gasteiger partial charge >= 0.3 is 0 Å². The first-order chi connectivity index (χ1) is 14.6. The Hall–Kier alpha value is -1.26. The van der Waals surface area contributed by atoms with Crippen LogP contribution in [0.25, 0.3) is 0 Å². The largest absolute Gasteiger partial charge is 0.489 e. The van der Waals surface area contributed by atoms with E-state index in [2.05, 4.69) is 36.2 Å². The number of rotatable bonds is 15. The van der Waals surface area contributed by atoms with E-state index in [4.69, 9.17) is 27.9 Å². The Morgan fingerprint density at radius 1 is 0.867 bits per heavy atom. The van der Waals surface area contributed by atoms with Crippen LogP contribution in [0.4, 0.5) is 0 Å². The monoisotopic (exact) mass is 450 g/mol. The van der Waals surface area contributed by atoms with Gasteiger partial charge in [-0.15, -0.1) is 0 Å². The lowest BCUT2D eigenvalue weighted by Crippen LogP contribution is -2.29. The Morgan fingerprint density at radius 2 is 1.57 bits per heavy atom. The van der Waals surface area contributed by atoms with E-state index >= 15 is 0 Å². The molecule has 2 aromatic carbocycles. The normalized spacial score (nSPS) is 11.2. The maximum atomic E-state index is 6.26. The third-order valence-electron chi connectivity index (χ3n) is 5.17. The Bertz CT molecular complexity index is 731. The molecular formula is C25H36Cl2N2O. The van der Waals surface area contributed by atoms with Crippen molar-refractivity contribution in [2.24, 2.45) is 0 Å². The lowest BCUT2D eigenvalue weighted by atomic mass is 10.2. The molecule has 0 radical (unpaired) electrons. The van der Waals surface area contributed by atoms with Crippen molar-refractivity contribution in [2.45, 2.75) is 59.1 Å². The summed E-state index contributed by atoms with van der Waals surface area (Å²) in [5.41, 5.74) is 2.10. The fraction of sp³-hybridized carbons (Fsp3) is 0.520. The molecule has 30 heavy (non-hydrogen) atoms. The topological polar surface area (TPSA) is 24.5 Å². The Kier molecular flexibility index (Phi) is 12.2. The summed E-state index contributed by atoms with van der Waals surface area (Å²) in [5, 5.41) is 4.85. The van der Waals surface area contributed by atoms with E-state index in [1.165, 1.54) is 45.3 Å². The molecule has 1 N–H and O–H groups in total. The Morgan fingerprint density at radius 3 is 2.27 bits per heavy atom. The van der Waals surface area contributed by atoms with Crippen molar-refractivity contribution in [3.63, 3.8) is 0 Å². The lowest BCUT2D eigenvalue weighted by Gasteiger charge is -2.22. The predicted octanol–water partition coefficient (Wildman–Crippen LogP) is 6.95. The van der Waals surface area contributed by atoms with Crippen molar-refractivity contribution in [1.82, 2.24) is 10.2 Å². The van der Waals surface area contributed by atoms with Gasteiger partial charge in [-0.25, -0.2) is 0 Å². The van der Waals surface area contributed by atoms with Gasteiger partial charge in [0, 0.05) is 27.7 Å². The highest BCUT2D eigenvalue weighted by Crippen LogP contribution is 2.24. The van der Waals surface area contributed by atoms with E-state index in [-0.39, 0.29) is 0 Å². The van der Waals surface area contributed by atoms with Gasteiger partial charge in [-0.1, -0.05) is 74.2 Å². The van der Waals surface area contributed by atoms with Crippen LogP contribution in [0.2, 0.25) is 10.0 Å². The molecule has 0 fully saturated rings. The van der Waals surface area contributed by atoms with Gasteiger partial charge in [-0.3, -0.25) is 0 Å². The number of ether oxygens (including phenoxy) is 1. The number of nitrogens with zero attached hydrogens (tertiary/aromatic N) is 1. The molecular weight excluding hydrogens is 415 g/mol. The van der Waals surface area contributed by atoms with E-state index in [0.717, 1.165) is 36.4 Å². The van der Waals surface area contributed by atoms with Crippen molar-refractivity contribution < 1.29 is 4.74 Å². The minimum absolute atomic E-state index is 0.427. The van der Waals surface area contributed by atoms with E-state index in [1.807, 2.05) is 24.3 Å². The zero-order valence-electron chi connectivity index (χ0n) is 18.4. The first-order valence-corrected chi connectivity index (χ1v) is 12.0. The number of nitrogens with one attached hydrogen (secondary N) is 1. The summed E-state index contributed by atoms with van der Waals surface area (Å²) in [6.45, 7) is 10.4. The molecule has 0 bridgehead atoms. The van der Waals surface area contributed by atoms with Crippen LogP contribution >= 0.6 is 23.2 Å². The smallest absolute Gasteiger partial charge is 0.124 e. The maximum Gasteiger partial charge on any atom is 0.124 e. The SMILES string of the molecule is CCCCN(CCCC)CCCNCc1ccccc1OCc1ccc(Cl)cc1Cl. The highest BCUT2D eigenvalue weighted by molar-refractivity contribution is 6.35. The minimum Gasteiger partial charge on any atom is -0.489 e. The molecule has 3 nitrogen and oxygen atoms in total. The minimum atomic E-state index is 0.427. The van der Waals surface area contributed by atoms with Crippen LogP contribution in [0.1, 0.15) is 57.1 Å². The molecule has 0 saturated carbocycles. The number of benzene rings is 2. The van der Waals surface area contributed by atoms with Crippen molar-refractivity contribution in [1.29, 1.82) is 0 Å². The zero-order valence-corrected chi connectivity index (χ0v) is 19.9. The van der Waals surface area contributed by atoms with Crippen LogP contribution in [0.5, 0.6) is 5.75 Å². The molecule has 2 aromatic rings.